The monoisotopic (exact) mass is 165 g/mol. The van der Waals surface area contributed by atoms with Gasteiger partial charge in [-0.1, -0.05) is 30.4 Å². The number of likely N-dealkylation sites (N-methyl/N-ethyl adjacent to an activating group) is 1. The van der Waals surface area contributed by atoms with Gasteiger partial charge in [0.05, 0.1) is 0 Å². The summed E-state index contributed by atoms with van der Waals surface area (Å²) in [5.41, 5.74) is 0.632. The van der Waals surface area contributed by atoms with Crippen molar-refractivity contribution in [3.05, 3.63) is 41.7 Å². The highest BCUT2D eigenvalue weighted by Gasteiger charge is 1.93. The third kappa shape index (κ3) is 2.47. The van der Waals surface area contributed by atoms with Crippen LogP contribution < -0.4 is 5.32 Å². The van der Waals surface area contributed by atoms with Crippen LogP contribution in [0.3, 0.4) is 0 Å². The Kier molecular flexibility index (Phi) is 3.48. The Hall–Kier alpha value is -1.15. The summed E-state index contributed by atoms with van der Waals surface area (Å²) in [5.74, 6) is -0.176. The van der Waals surface area contributed by atoms with Gasteiger partial charge in [0.1, 0.15) is 5.82 Å². The molecular weight excluding hydrogens is 153 g/mol. The Balaban J connectivity index is 2.68. The molecule has 0 aliphatic rings. The van der Waals surface area contributed by atoms with Crippen molar-refractivity contribution in [1.82, 2.24) is 5.32 Å². The fourth-order valence-corrected chi connectivity index (χ4v) is 0.914. The van der Waals surface area contributed by atoms with Gasteiger partial charge in [0.25, 0.3) is 0 Å². The van der Waals surface area contributed by atoms with Gasteiger partial charge in [0.2, 0.25) is 0 Å². The van der Waals surface area contributed by atoms with Crippen molar-refractivity contribution in [2.75, 3.05) is 13.6 Å². The number of benzene rings is 1. The van der Waals surface area contributed by atoms with Crippen molar-refractivity contribution in [1.29, 1.82) is 0 Å². The average molecular weight is 165 g/mol. The van der Waals surface area contributed by atoms with Crippen LogP contribution in [0.2, 0.25) is 0 Å². The molecule has 0 fully saturated rings. The molecule has 1 aromatic rings. The molecule has 1 nitrogen and oxygen atoms in total. The van der Waals surface area contributed by atoms with Crippen LogP contribution in [0.4, 0.5) is 4.39 Å². The van der Waals surface area contributed by atoms with Gasteiger partial charge >= 0.3 is 0 Å². The first-order valence-electron chi connectivity index (χ1n) is 3.90. The third-order valence-corrected chi connectivity index (χ3v) is 1.52. The minimum absolute atomic E-state index is 0.176. The minimum Gasteiger partial charge on any atom is -0.316 e. The normalized spacial score (nSPS) is 10.8. The van der Waals surface area contributed by atoms with Gasteiger partial charge < -0.3 is 5.32 Å². The van der Waals surface area contributed by atoms with Gasteiger partial charge in [-0.05, 0) is 13.1 Å². The number of hydrogen-bond donors (Lipinski definition) is 1. The number of halogens is 1. The van der Waals surface area contributed by atoms with Crippen molar-refractivity contribution < 1.29 is 4.39 Å². The molecule has 0 aliphatic carbocycles. The molecule has 1 rings (SSSR count). The molecular formula is C10H12FN. The van der Waals surface area contributed by atoms with E-state index in [9.17, 15) is 4.39 Å². The molecule has 0 amide bonds. The molecule has 0 radical (unpaired) electrons. The van der Waals surface area contributed by atoms with E-state index < -0.39 is 0 Å². The quantitative estimate of drug-likeness (QED) is 0.722. The maximum atomic E-state index is 12.9. The molecule has 64 valence electrons. The van der Waals surface area contributed by atoms with Gasteiger partial charge in [-0.15, -0.1) is 0 Å². The smallest absolute Gasteiger partial charge is 0.130 e. The van der Waals surface area contributed by atoms with Crippen molar-refractivity contribution in [3.8, 4) is 0 Å². The first-order valence-corrected chi connectivity index (χ1v) is 3.90. The summed E-state index contributed by atoms with van der Waals surface area (Å²) < 4.78 is 12.9. The second-order valence-corrected chi connectivity index (χ2v) is 2.48. The molecule has 1 N–H and O–H groups in total. The molecule has 0 unspecified atom stereocenters. The lowest BCUT2D eigenvalue weighted by Gasteiger charge is -1.94. The van der Waals surface area contributed by atoms with Crippen LogP contribution in [0.15, 0.2) is 30.3 Å². The molecule has 0 saturated heterocycles. The zero-order valence-corrected chi connectivity index (χ0v) is 7.05. The van der Waals surface area contributed by atoms with Crippen molar-refractivity contribution in [3.63, 3.8) is 0 Å². The molecule has 0 spiro atoms. The third-order valence-electron chi connectivity index (χ3n) is 1.52. The fraction of sp³-hybridized carbons (Fsp3) is 0.200. The fourth-order valence-electron chi connectivity index (χ4n) is 0.914. The lowest BCUT2D eigenvalue weighted by molar-refractivity contribution is 0.625. The Morgan fingerprint density at radius 1 is 1.42 bits per heavy atom. The van der Waals surface area contributed by atoms with E-state index in [-0.39, 0.29) is 5.82 Å². The Morgan fingerprint density at radius 2 is 2.17 bits per heavy atom. The average Bonchev–Trinajstić information content (AvgIpc) is 2.09. The molecule has 12 heavy (non-hydrogen) atoms. The molecule has 0 aliphatic heterocycles. The number of rotatable bonds is 3. The predicted octanol–water partition coefficient (Wildman–Crippen LogP) is 2.06. The van der Waals surface area contributed by atoms with Crippen molar-refractivity contribution in [2.24, 2.45) is 0 Å². The first-order chi connectivity index (χ1) is 5.84. The van der Waals surface area contributed by atoms with E-state index in [2.05, 4.69) is 5.32 Å². The summed E-state index contributed by atoms with van der Waals surface area (Å²) in [6.45, 7) is 0.758. The van der Waals surface area contributed by atoms with Crippen LogP contribution >= 0.6 is 0 Å². The summed E-state index contributed by atoms with van der Waals surface area (Å²) in [6, 6.07) is 6.72. The Bertz CT molecular complexity index is 268. The summed E-state index contributed by atoms with van der Waals surface area (Å²) in [7, 11) is 1.85. The highest BCUT2D eigenvalue weighted by Crippen LogP contribution is 2.07. The summed E-state index contributed by atoms with van der Waals surface area (Å²) in [4.78, 5) is 0. The van der Waals surface area contributed by atoms with E-state index in [0.29, 0.717) is 5.56 Å². The van der Waals surface area contributed by atoms with E-state index in [1.54, 1.807) is 18.2 Å². The van der Waals surface area contributed by atoms with Crippen molar-refractivity contribution in [2.45, 2.75) is 0 Å². The number of nitrogens with one attached hydrogen (secondary N) is 1. The zero-order valence-electron chi connectivity index (χ0n) is 7.05. The molecule has 0 atom stereocenters. The minimum atomic E-state index is -0.176. The van der Waals surface area contributed by atoms with E-state index in [4.69, 9.17) is 0 Å². The molecule has 1 aromatic carbocycles. The van der Waals surface area contributed by atoms with Crippen molar-refractivity contribution >= 4 is 6.08 Å². The van der Waals surface area contributed by atoms with Gasteiger partial charge in [-0.3, -0.25) is 0 Å². The summed E-state index contributed by atoms with van der Waals surface area (Å²) >= 11 is 0. The zero-order chi connectivity index (χ0) is 8.81. The van der Waals surface area contributed by atoms with Crippen LogP contribution in [0.1, 0.15) is 5.56 Å². The second kappa shape index (κ2) is 4.67. The largest absolute Gasteiger partial charge is 0.316 e. The molecule has 0 bridgehead atoms. The van der Waals surface area contributed by atoms with Crippen LogP contribution in [0.25, 0.3) is 6.08 Å². The van der Waals surface area contributed by atoms with Crippen LogP contribution in [0.5, 0.6) is 0 Å². The van der Waals surface area contributed by atoms with E-state index in [1.807, 2.05) is 19.2 Å². The van der Waals surface area contributed by atoms with Crippen LogP contribution in [-0.4, -0.2) is 13.6 Å². The predicted molar refractivity (Wildman–Crippen MR) is 49.4 cm³/mol. The molecule has 0 aromatic heterocycles. The molecule has 0 saturated carbocycles. The van der Waals surface area contributed by atoms with Gasteiger partial charge in [-0.2, -0.15) is 0 Å². The summed E-state index contributed by atoms with van der Waals surface area (Å²) in [6.07, 6.45) is 3.66. The van der Waals surface area contributed by atoms with Gasteiger partial charge in [-0.25, -0.2) is 4.39 Å². The SMILES string of the molecule is CNCC=Cc1ccccc1F. The van der Waals surface area contributed by atoms with Gasteiger partial charge in [0.15, 0.2) is 0 Å². The first kappa shape index (κ1) is 8.94. The standard InChI is InChI=1S/C10H12FN/c1-12-8-4-6-9-5-2-3-7-10(9)11/h2-7,12H,8H2,1H3. The second-order valence-electron chi connectivity index (χ2n) is 2.48. The number of hydrogen-bond acceptors (Lipinski definition) is 1. The van der Waals surface area contributed by atoms with Gasteiger partial charge in [0, 0.05) is 12.1 Å². The lowest BCUT2D eigenvalue weighted by Crippen LogP contribution is -2.03. The maximum absolute atomic E-state index is 12.9. The maximum Gasteiger partial charge on any atom is 0.130 e. The van der Waals surface area contributed by atoms with Crippen LogP contribution in [0, 0.1) is 5.82 Å². The Labute approximate surface area is 71.9 Å². The molecule has 0 heterocycles. The highest BCUT2D eigenvalue weighted by molar-refractivity contribution is 5.49. The van der Waals surface area contributed by atoms with Crippen LogP contribution in [-0.2, 0) is 0 Å². The Morgan fingerprint density at radius 3 is 2.83 bits per heavy atom. The highest BCUT2D eigenvalue weighted by atomic mass is 19.1. The summed E-state index contributed by atoms with van der Waals surface area (Å²) in [5, 5.41) is 2.95. The van der Waals surface area contributed by atoms with E-state index in [1.165, 1.54) is 6.07 Å². The lowest BCUT2D eigenvalue weighted by atomic mass is 10.2. The topological polar surface area (TPSA) is 12.0 Å². The van der Waals surface area contributed by atoms with E-state index >= 15 is 0 Å². The molecule has 2 heteroatoms. The van der Waals surface area contributed by atoms with E-state index in [0.717, 1.165) is 6.54 Å².